The standard InChI is InChI=1S/C19H28N4O7/c1-9(20)16(26)22-14(8-12-4-6-13(25)7-5-12)17(27)23-15(11(3)24)18(28)21-10(2)19(29)30/h4-7,9-11,14-15,24-25H,8,20H2,1-3H3,(H,21,28)(H,22,26)(H,23,27)(H,29,30). The predicted octanol–water partition coefficient (Wildman–Crippen LogP) is -1.78. The summed E-state index contributed by atoms with van der Waals surface area (Å²) in [6.45, 7) is 3.92. The molecule has 0 radical (unpaired) electrons. The van der Waals surface area contributed by atoms with Gasteiger partial charge in [-0.3, -0.25) is 19.2 Å². The van der Waals surface area contributed by atoms with Crippen LogP contribution in [0.1, 0.15) is 26.3 Å². The SMILES string of the molecule is CC(N)C(=O)NC(Cc1ccc(O)cc1)C(=O)NC(C(=O)NC(C)C(=O)O)C(C)O. The van der Waals surface area contributed by atoms with Crippen LogP contribution in [0.25, 0.3) is 0 Å². The lowest BCUT2D eigenvalue weighted by atomic mass is 10.0. The van der Waals surface area contributed by atoms with E-state index in [4.69, 9.17) is 10.8 Å². The molecular weight excluding hydrogens is 396 g/mol. The van der Waals surface area contributed by atoms with Crippen LogP contribution in [0.2, 0.25) is 0 Å². The zero-order chi connectivity index (χ0) is 23.0. The van der Waals surface area contributed by atoms with Gasteiger partial charge in [0.1, 0.15) is 23.9 Å². The largest absolute Gasteiger partial charge is 0.508 e. The molecule has 30 heavy (non-hydrogen) atoms. The summed E-state index contributed by atoms with van der Waals surface area (Å²) in [6.07, 6.45) is -1.32. The van der Waals surface area contributed by atoms with Crippen LogP contribution in [0, 0.1) is 0 Å². The van der Waals surface area contributed by atoms with E-state index in [1.165, 1.54) is 32.9 Å². The molecule has 0 spiro atoms. The molecule has 1 aromatic rings. The minimum Gasteiger partial charge on any atom is -0.508 e. The maximum absolute atomic E-state index is 12.8. The molecule has 0 aliphatic carbocycles. The Bertz CT molecular complexity index is 765. The molecular formula is C19H28N4O7. The second kappa shape index (κ2) is 11.1. The first-order valence-corrected chi connectivity index (χ1v) is 9.27. The number of nitrogens with one attached hydrogen (secondary N) is 3. The lowest BCUT2D eigenvalue weighted by Crippen LogP contribution is -2.59. The van der Waals surface area contributed by atoms with E-state index in [0.29, 0.717) is 5.56 Å². The molecule has 0 aromatic heterocycles. The number of hydrogen-bond acceptors (Lipinski definition) is 7. The van der Waals surface area contributed by atoms with Gasteiger partial charge >= 0.3 is 5.97 Å². The maximum Gasteiger partial charge on any atom is 0.325 e. The monoisotopic (exact) mass is 424 g/mol. The van der Waals surface area contributed by atoms with Gasteiger partial charge in [-0.05, 0) is 38.5 Å². The average Bonchev–Trinajstić information content (AvgIpc) is 2.66. The molecule has 5 unspecified atom stereocenters. The van der Waals surface area contributed by atoms with Crippen molar-refractivity contribution in [3.8, 4) is 5.75 Å². The number of carbonyl (C=O) groups is 4. The third-order valence-corrected chi connectivity index (χ3v) is 4.21. The molecule has 5 atom stereocenters. The van der Waals surface area contributed by atoms with Crippen LogP contribution in [0.15, 0.2) is 24.3 Å². The molecule has 8 N–H and O–H groups in total. The fourth-order valence-corrected chi connectivity index (χ4v) is 2.40. The summed E-state index contributed by atoms with van der Waals surface area (Å²) >= 11 is 0. The van der Waals surface area contributed by atoms with Crippen molar-refractivity contribution in [3.05, 3.63) is 29.8 Å². The highest BCUT2D eigenvalue weighted by molar-refractivity contribution is 5.94. The number of phenols is 1. The van der Waals surface area contributed by atoms with Gasteiger partial charge in [0.25, 0.3) is 0 Å². The lowest BCUT2D eigenvalue weighted by Gasteiger charge is -2.26. The topological polar surface area (TPSA) is 191 Å². The average molecular weight is 424 g/mol. The number of aliphatic carboxylic acids is 1. The fraction of sp³-hybridized carbons (Fsp3) is 0.474. The van der Waals surface area contributed by atoms with Crippen LogP contribution >= 0.6 is 0 Å². The van der Waals surface area contributed by atoms with E-state index in [9.17, 15) is 29.4 Å². The first kappa shape index (κ1) is 24.9. The number of carboxylic acid groups (broad SMARTS) is 1. The zero-order valence-electron chi connectivity index (χ0n) is 17.0. The van der Waals surface area contributed by atoms with Gasteiger partial charge in [-0.25, -0.2) is 0 Å². The molecule has 0 saturated carbocycles. The third kappa shape index (κ3) is 7.68. The molecule has 0 aliphatic heterocycles. The first-order valence-electron chi connectivity index (χ1n) is 9.27. The molecule has 3 amide bonds. The van der Waals surface area contributed by atoms with Gasteiger partial charge in [0.2, 0.25) is 17.7 Å². The summed E-state index contributed by atoms with van der Waals surface area (Å²) < 4.78 is 0. The number of hydrogen-bond donors (Lipinski definition) is 7. The third-order valence-electron chi connectivity index (χ3n) is 4.21. The number of carboxylic acids is 1. The Labute approximate surface area is 173 Å². The maximum atomic E-state index is 12.8. The molecule has 11 heteroatoms. The summed E-state index contributed by atoms with van der Waals surface area (Å²) in [7, 11) is 0. The van der Waals surface area contributed by atoms with Crippen molar-refractivity contribution < 1.29 is 34.5 Å². The number of rotatable bonds is 10. The van der Waals surface area contributed by atoms with E-state index in [2.05, 4.69) is 16.0 Å². The van der Waals surface area contributed by atoms with Gasteiger partial charge in [0, 0.05) is 6.42 Å². The molecule has 1 aromatic carbocycles. The minimum absolute atomic E-state index is 0.0181. The Morgan fingerprint density at radius 3 is 1.97 bits per heavy atom. The van der Waals surface area contributed by atoms with E-state index in [-0.39, 0.29) is 12.2 Å². The molecule has 0 bridgehead atoms. The van der Waals surface area contributed by atoms with Crippen molar-refractivity contribution in [2.75, 3.05) is 0 Å². The van der Waals surface area contributed by atoms with Gasteiger partial charge in [0.15, 0.2) is 0 Å². The lowest BCUT2D eigenvalue weighted by molar-refractivity contribution is -0.142. The van der Waals surface area contributed by atoms with Crippen molar-refractivity contribution in [2.45, 2.75) is 57.5 Å². The number of aromatic hydroxyl groups is 1. The number of benzene rings is 1. The van der Waals surface area contributed by atoms with Crippen LogP contribution in [0.4, 0.5) is 0 Å². The zero-order valence-corrected chi connectivity index (χ0v) is 17.0. The van der Waals surface area contributed by atoms with Crippen molar-refractivity contribution in [1.29, 1.82) is 0 Å². The van der Waals surface area contributed by atoms with Crippen LogP contribution in [-0.4, -0.2) is 69.3 Å². The normalized spacial score (nSPS) is 15.8. The molecule has 0 fully saturated rings. The van der Waals surface area contributed by atoms with E-state index < -0.39 is 54.0 Å². The van der Waals surface area contributed by atoms with E-state index in [1.807, 2.05) is 0 Å². The Kier molecular flexibility index (Phi) is 9.21. The summed E-state index contributed by atoms with van der Waals surface area (Å²) in [5.41, 5.74) is 6.15. The van der Waals surface area contributed by atoms with Gasteiger partial charge in [-0.15, -0.1) is 0 Å². The quantitative estimate of drug-likeness (QED) is 0.229. The summed E-state index contributed by atoms with van der Waals surface area (Å²) in [4.78, 5) is 48.0. The number of phenolic OH excluding ortho intramolecular Hbond substituents is 1. The molecule has 1 rings (SSSR count). The Hall–Kier alpha value is -3.18. The number of aliphatic hydroxyl groups is 1. The van der Waals surface area contributed by atoms with E-state index >= 15 is 0 Å². The van der Waals surface area contributed by atoms with Crippen LogP contribution in [-0.2, 0) is 25.6 Å². The minimum atomic E-state index is -1.45. The number of nitrogens with two attached hydrogens (primary N) is 1. The Morgan fingerprint density at radius 2 is 1.50 bits per heavy atom. The Morgan fingerprint density at radius 1 is 0.933 bits per heavy atom. The van der Waals surface area contributed by atoms with Crippen molar-refractivity contribution in [3.63, 3.8) is 0 Å². The second-order valence-electron chi connectivity index (χ2n) is 7.02. The van der Waals surface area contributed by atoms with Crippen LogP contribution < -0.4 is 21.7 Å². The van der Waals surface area contributed by atoms with Gasteiger partial charge < -0.3 is 37.0 Å². The first-order chi connectivity index (χ1) is 13.9. The van der Waals surface area contributed by atoms with Gasteiger partial charge in [-0.2, -0.15) is 0 Å². The molecule has 0 saturated heterocycles. The van der Waals surface area contributed by atoms with E-state index in [1.54, 1.807) is 12.1 Å². The molecule has 0 heterocycles. The molecule has 0 aliphatic rings. The smallest absolute Gasteiger partial charge is 0.325 e. The van der Waals surface area contributed by atoms with E-state index in [0.717, 1.165) is 0 Å². The number of carbonyl (C=O) groups excluding carboxylic acids is 3. The summed E-state index contributed by atoms with van der Waals surface area (Å²) in [6, 6.07) is 1.22. The van der Waals surface area contributed by atoms with Crippen molar-refractivity contribution in [1.82, 2.24) is 16.0 Å². The molecule has 11 nitrogen and oxygen atoms in total. The highest BCUT2D eigenvalue weighted by Crippen LogP contribution is 2.12. The molecule has 166 valence electrons. The number of amides is 3. The highest BCUT2D eigenvalue weighted by Gasteiger charge is 2.31. The predicted molar refractivity (Wildman–Crippen MR) is 106 cm³/mol. The van der Waals surface area contributed by atoms with Gasteiger partial charge in [0.05, 0.1) is 12.1 Å². The summed E-state index contributed by atoms with van der Waals surface area (Å²) in [5, 5.41) is 35.2. The fourth-order valence-electron chi connectivity index (χ4n) is 2.40. The highest BCUT2D eigenvalue weighted by atomic mass is 16.4. The number of aliphatic hydroxyl groups excluding tert-OH is 1. The Balaban J connectivity index is 3.01. The van der Waals surface area contributed by atoms with Crippen molar-refractivity contribution in [2.24, 2.45) is 5.73 Å². The second-order valence-corrected chi connectivity index (χ2v) is 7.02. The van der Waals surface area contributed by atoms with Gasteiger partial charge in [-0.1, -0.05) is 12.1 Å². The van der Waals surface area contributed by atoms with Crippen LogP contribution in [0.3, 0.4) is 0 Å². The summed E-state index contributed by atoms with van der Waals surface area (Å²) in [5.74, 6) is -3.53. The van der Waals surface area contributed by atoms with Crippen LogP contribution in [0.5, 0.6) is 5.75 Å². The van der Waals surface area contributed by atoms with Crippen molar-refractivity contribution >= 4 is 23.7 Å².